The number of rotatable bonds is 9. The van der Waals surface area contributed by atoms with E-state index in [1.807, 2.05) is 12.2 Å². The molecule has 0 bridgehead atoms. The third-order valence-electron chi connectivity index (χ3n) is 14.3. The number of benzene rings is 10. The summed E-state index contributed by atoms with van der Waals surface area (Å²) in [7, 11) is 0. The SMILES string of the molecule is C=C(/C=C\C=C1\C=CC=CC1)c1nc(-c2cccc3ccccc23)nc(-n2c3ccc(-c4ccccc4)cc3c3c4nc5c6ccc(N(c7ccccc7)c7ccccc7)cc6c6ccccc6c5nc4ccc32)n1. The van der Waals surface area contributed by atoms with Gasteiger partial charge < -0.3 is 4.90 Å². The van der Waals surface area contributed by atoms with Crippen LogP contribution in [0, 0.1) is 0 Å². The maximum absolute atomic E-state index is 5.77. The second kappa shape index (κ2) is 18.2. The molecule has 3 aromatic heterocycles. The highest BCUT2D eigenvalue weighted by Crippen LogP contribution is 2.43. The molecule has 10 aromatic carbocycles. The van der Waals surface area contributed by atoms with Crippen molar-refractivity contribution in [2.24, 2.45) is 0 Å². The van der Waals surface area contributed by atoms with Crippen LogP contribution in [-0.4, -0.2) is 29.5 Å². The highest BCUT2D eigenvalue weighted by atomic mass is 15.2. The molecule has 1 aliphatic carbocycles. The number of aromatic nitrogens is 6. The fraction of sp³-hybridized carbons (Fsp3) is 0.0147. The molecule has 14 rings (SSSR count). The van der Waals surface area contributed by atoms with Crippen molar-refractivity contribution in [3.63, 3.8) is 0 Å². The third-order valence-corrected chi connectivity index (χ3v) is 14.3. The van der Waals surface area contributed by atoms with Gasteiger partial charge in [0.25, 0.3) is 0 Å². The minimum Gasteiger partial charge on any atom is -0.310 e. The van der Waals surface area contributed by atoms with Gasteiger partial charge in [0.1, 0.15) is 0 Å². The molecule has 0 saturated carbocycles. The number of fused-ring (bicyclic) bond motifs is 12. The minimum absolute atomic E-state index is 0.474. The Morgan fingerprint density at radius 1 is 0.493 bits per heavy atom. The molecular formula is C68H45N7. The summed E-state index contributed by atoms with van der Waals surface area (Å²) in [6.45, 7) is 4.53. The Morgan fingerprint density at radius 3 is 1.97 bits per heavy atom. The van der Waals surface area contributed by atoms with Crippen LogP contribution in [0.1, 0.15) is 12.2 Å². The predicted octanol–water partition coefficient (Wildman–Crippen LogP) is 17.3. The molecule has 352 valence electrons. The van der Waals surface area contributed by atoms with E-state index in [9.17, 15) is 0 Å². The number of hydrogen-bond acceptors (Lipinski definition) is 6. The second-order valence-corrected chi connectivity index (χ2v) is 18.9. The topological polar surface area (TPSA) is 72.6 Å². The fourth-order valence-electron chi connectivity index (χ4n) is 10.8. The number of nitrogens with zero attached hydrogens (tertiary/aromatic N) is 7. The molecule has 0 aliphatic heterocycles. The zero-order valence-electron chi connectivity index (χ0n) is 40.7. The molecule has 13 aromatic rings. The lowest BCUT2D eigenvalue weighted by Gasteiger charge is -2.26. The van der Waals surface area contributed by atoms with Gasteiger partial charge in [-0.25, -0.2) is 15.0 Å². The Morgan fingerprint density at radius 2 is 1.19 bits per heavy atom. The third kappa shape index (κ3) is 7.65. The molecule has 0 spiro atoms. The van der Waals surface area contributed by atoms with Gasteiger partial charge in [-0.1, -0.05) is 195 Å². The molecule has 0 saturated heterocycles. The van der Waals surface area contributed by atoms with Crippen molar-refractivity contribution in [1.29, 1.82) is 0 Å². The summed E-state index contributed by atoms with van der Waals surface area (Å²) in [6.07, 6.45) is 15.4. The van der Waals surface area contributed by atoms with Crippen LogP contribution in [0.5, 0.6) is 0 Å². The van der Waals surface area contributed by atoms with Crippen molar-refractivity contribution < 1.29 is 0 Å². The molecular weight excluding hydrogens is 915 g/mol. The van der Waals surface area contributed by atoms with E-state index in [1.165, 1.54) is 5.57 Å². The zero-order chi connectivity index (χ0) is 49.8. The summed E-state index contributed by atoms with van der Waals surface area (Å²) < 4.78 is 2.16. The zero-order valence-corrected chi connectivity index (χ0v) is 40.7. The van der Waals surface area contributed by atoms with Crippen molar-refractivity contribution in [1.82, 2.24) is 29.5 Å². The van der Waals surface area contributed by atoms with E-state index in [1.54, 1.807) is 0 Å². The largest absolute Gasteiger partial charge is 0.310 e. The first-order valence-electron chi connectivity index (χ1n) is 25.2. The van der Waals surface area contributed by atoms with Gasteiger partial charge in [-0.15, -0.1) is 0 Å². The van der Waals surface area contributed by atoms with E-state index < -0.39 is 0 Å². The number of allylic oxidation sites excluding steroid dienone is 9. The Balaban J connectivity index is 1.03. The van der Waals surface area contributed by atoms with Crippen molar-refractivity contribution >= 4 is 98.8 Å². The van der Waals surface area contributed by atoms with E-state index in [-0.39, 0.29) is 0 Å². The smallest absolute Gasteiger partial charge is 0.238 e. The average molecular weight is 960 g/mol. The van der Waals surface area contributed by atoms with E-state index >= 15 is 0 Å². The summed E-state index contributed by atoms with van der Waals surface area (Å²) in [5, 5.41) is 8.39. The van der Waals surface area contributed by atoms with Crippen LogP contribution < -0.4 is 4.90 Å². The van der Waals surface area contributed by atoms with Crippen LogP contribution in [0.25, 0.3) is 110 Å². The highest BCUT2D eigenvalue weighted by molar-refractivity contribution is 6.27. The van der Waals surface area contributed by atoms with Gasteiger partial charge in [0, 0.05) is 49.7 Å². The molecule has 7 heteroatoms. The second-order valence-electron chi connectivity index (χ2n) is 18.9. The van der Waals surface area contributed by atoms with Crippen molar-refractivity contribution in [2.75, 3.05) is 4.90 Å². The first-order valence-corrected chi connectivity index (χ1v) is 25.2. The maximum atomic E-state index is 5.77. The maximum Gasteiger partial charge on any atom is 0.238 e. The Hall–Kier alpha value is -10.1. The Kier molecular flexibility index (Phi) is 10.6. The van der Waals surface area contributed by atoms with E-state index in [0.717, 1.165) is 116 Å². The predicted molar refractivity (Wildman–Crippen MR) is 312 cm³/mol. The number of hydrogen-bond donors (Lipinski definition) is 0. The first-order chi connectivity index (χ1) is 37.1. The molecule has 0 N–H and O–H groups in total. The summed E-state index contributed by atoms with van der Waals surface area (Å²) in [6, 6.07) is 72.4. The molecule has 3 heterocycles. The molecule has 1 aliphatic rings. The molecule has 0 fully saturated rings. The summed E-state index contributed by atoms with van der Waals surface area (Å²) in [4.78, 5) is 29.5. The minimum atomic E-state index is 0.474. The van der Waals surface area contributed by atoms with Crippen LogP contribution in [0.4, 0.5) is 17.1 Å². The molecule has 75 heavy (non-hydrogen) atoms. The average Bonchev–Trinajstić information content (AvgIpc) is 3.83. The molecule has 0 atom stereocenters. The van der Waals surface area contributed by atoms with Crippen LogP contribution >= 0.6 is 0 Å². The van der Waals surface area contributed by atoms with Crippen molar-refractivity contribution in [2.45, 2.75) is 6.42 Å². The molecule has 7 nitrogen and oxygen atoms in total. The molecule has 0 amide bonds. The Bertz CT molecular complexity index is 4530. The van der Waals surface area contributed by atoms with Gasteiger partial charge >= 0.3 is 0 Å². The van der Waals surface area contributed by atoms with E-state index in [0.29, 0.717) is 23.2 Å². The lowest BCUT2D eigenvalue weighted by molar-refractivity contribution is 0.934. The summed E-state index contributed by atoms with van der Waals surface area (Å²) >= 11 is 0. The lowest BCUT2D eigenvalue weighted by atomic mass is 9.98. The van der Waals surface area contributed by atoms with Gasteiger partial charge in [0.2, 0.25) is 5.95 Å². The first kappa shape index (κ1) is 43.7. The lowest BCUT2D eigenvalue weighted by Crippen LogP contribution is -2.09. The van der Waals surface area contributed by atoms with E-state index in [4.69, 9.17) is 24.9 Å². The van der Waals surface area contributed by atoms with E-state index in [2.05, 4.69) is 253 Å². The summed E-state index contributed by atoms with van der Waals surface area (Å²) in [5.74, 6) is 1.51. The number of anilines is 3. The van der Waals surface area contributed by atoms with Gasteiger partial charge in [-0.05, 0) is 105 Å². The van der Waals surface area contributed by atoms with Crippen molar-refractivity contribution in [3.05, 3.63) is 267 Å². The van der Waals surface area contributed by atoms with Gasteiger partial charge in [-0.2, -0.15) is 9.97 Å². The van der Waals surface area contributed by atoms with Crippen LogP contribution in [0.15, 0.2) is 261 Å². The number of para-hydroxylation sites is 2. The van der Waals surface area contributed by atoms with Crippen LogP contribution in [-0.2, 0) is 0 Å². The Labute approximate surface area is 432 Å². The normalized spacial score (nSPS) is 13.2. The summed E-state index contributed by atoms with van der Waals surface area (Å²) in [5.41, 5.74) is 13.3. The quantitative estimate of drug-likeness (QED) is 0.0815. The van der Waals surface area contributed by atoms with Crippen LogP contribution in [0.3, 0.4) is 0 Å². The van der Waals surface area contributed by atoms with Gasteiger partial charge in [0.15, 0.2) is 11.6 Å². The monoisotopic (exact) mass is 959 g/mol. The van der Waals surface area contributed by atoms with Gasteiger partial charge in [-0.3, -0.25) is 4.57 Å². The molecule has 0 unspecified atom stereocenters. The van der Waals surface area contributed by atoms with Gasteiger partial charge in [0.05, 0.1) is 33.1 Å². The van der Waals surface area contributed by atoms with Crippen molar-refractivity contribution in [3.8, 4) is 28.5 Å². The standard InChI is InChI=1S/C68H45N7/c1-44(20-18-23-45-21-6-2-7-22-45)66-71-67(56-35-19-27-47-26-14-15-32-52(47)56)73-68(72-66)75-60-40-36-48(46-24-8-3-9-25-46)42-58(60)62-61(75)41-39-59-65(62)70-64-55-38-37-51(43-57(55)53-33-16-17-34-54(53)63(64)69-59)74(49-28-10-4-11-29-49)50-30-12-5-13-31-50/h2-21,23-43H,1,22H2/b20-18-,45-23-. The highest BCUT2D eigenvalue weighted by Gasteiger charge is 2.23. The fourth-order valence-corrected chi connectivity index (χ4v) is 10.8. The van der Waals surface area contributed by atoms with Crippen LogP contribution in [0.2, 0.25) is 0 Å². The molecule has 0 radical (unpaired) electrons.